The van der Waals surface area contributed by atoms with Crippen LogP contribution < -0.4 is 0 Å². The van der Waals surface area contributed by atoms with Gasteiger partial charge >= 0.3 is 0 Å². The highest BCUT2D eigenvalue weighted by Gasteiger charge is 2.51. The first kappa shape index (κ1) is 17.2. The molecule has 1 N–H and O–H groups in total. The van der Waals surface area contributed by atoms with Crippen molar-refractivity contribution in [2.45, 2.75) is 44.2 Å². The van der Waals surface area contributed by atoms with Crippen LogP contribution in [0.4, 0.5) is 4.39 Å². The molecule has 2 heterocycles. The van der Waals surface area contributed by atoms with Crippen LogP contribution in [-0.2, 0) is 14.3 Å². The molecule has 0 spiro atoms. The molecule has 0 bridgehead atoms. The van der Waals surface area contributed by atoms with Crippen molar-refractivity contribution in [3.8, 4) is 0 Å². The number of ether oxygens (including phenoxy) is 1. The number of hydrogen-bond donors (Lipinski definition) is 1. The SMILES string of the molecule is O=C1C2=C(OC3CCCCC13)C(=O)N(CCCO)C2c1cccc(F)c1. The molecule has 1 saturated carbocycles. The Balaban J connectivity index is 1.78. The molecule has 0 radical (unpaired) electrons. The predicted octanol–water partition coefficient (Wildman–Crippen LogP) is 2.50. The molecule has 1 aliphatic carbocycles. The molecular formula is C20H22FNO4. The summed E-state index contributed by atoms with van der Waals surface area (Å²) in [5.74, 6) is -0.870. The van der Waals surface area contributed by atoms with Gasteiger partial charge in [-0.3, -0.25) is 9.59 Å². The lowest BCUT2D eigenvalue weighted by molar-refractivity contribution is -0.135. The van der Waals surface area contributed by atoms with Crippen LogP contribution in [0.3, 0.4) is 0 Å². The highest BCUT2D eigenvalue weighted by molar-refractivity contribution is 6.11. The van der Waals surface area contributed by atoms with E-state index < -0.39 is 11.9 Å². The van der Waals surface area contributed by atoms with Gasteiger partial charge in [-0.1, -0.05) is 18.6 Å². The summed E-state index contributed by atoms with van der Waals surface area (Å²) in [6.07, 6.45) is 3.67. The molecule has 3 aliphatic rings. The maximum absolute atomic E-state index is 13.8. The fraction of sp³-hybridized carbons (Fsp3) is 0.500. The second kappa shape index (κ2) is 6.83. The standard InChI is InChI=1S/C20H22FNO4/c21-13-6-3-5-12(11-13)17-16-18(24)14-7-1-2-8-15(14)26-19(16)20(25)22(17)9-4-10-23/h3,5-6,11,14-15,17,23H,1-2,4,7-10H2. The summed E-state index contributed by atoms with van der Waals surface area (Å²) < 4.78 is 19.8. The second-order valence-corrected chi connectivity index (χ2v) is 7.19. The van der Waals surface area contributed by atoms with Crippen molar-refractivity contribution >= 4 is 11.7 Å². The minimum absolute atomic E-state index is 0.0370. The molecule has 138 valence electrons. The molecule has 1 aromatic carbocycles. The van der Waals surface area contributed by atoms with Crippen LogP contribution in [0.2, 0.25) is 0 Å². The second-order valence-electron chi connectivity index (χ2n) is 7.19. The number of fused-ring (bicyclic) bond motifs is 1. The Hall–Kier alpha value is -2.21. The number of nitrogens with zero attached hydrogens (tertiary/aromatic N) is 1. The van der Waals surface area contributed by atoms with E-state index in [4.69, 9.17) is 4.74 Å². The minimum Gasteiger partial charge on any atom is -0.483 e. The minimum atomic E-state index is -0.643. The van der Waals surface area contributed by atoms with Crippen molar-refractivity contribution < 1.29 is 23.8 Å². The van der Waals surface area contributed by atoms with Gasteiger partial charge in [0.1, 0.15) is 11.9 Å². The first-order valence-electron chi connectivity index (χ1n) is 9.24. The van der Waals surface area contributed by atoms with Crippen LogP contribution in [0.25, 0.3) is 0 Å². The smallest absolute Gasteiger partial charge is 0.290 e. The zero-order chi connectivity index (χ0) is 18.3. The van der Waals surface area contributed by atoms with Crippen LogP contribution in [0.15, 0.2) is 35.6 Å². The van der Waals surface area contributed by atoms with Crippen molar-refractivity contribution in [2.24, 2.45) is 5.92 Å². The Morgan fingerprint density at radius 2 is 2.04 bits per heavy atom. The van der Waals surface area contributed by atoms with Gasteiger partial charge in [-0.05, 0) is 43.4 Å². The van der Waals surface area contributed by atoms with Crippen molar-refractivity contribution in [2.75, 3.05) is 13.2 Å². The number of Topliss-reactive ketones (excluding diaryl/α,β-unsaturated/α-hetero) is 1. The summed E-state index contributed by atoms with van der Waals surface area (Å²) in [5, 5.41) is 9.18. The molecule has 5 nitrogen and oxygen atoms in total. The highest BCUT2D eigenvalue weighted by atomic mass is 19.1. The molecule has 1 aromatic rings. The molecule has 1 fully saturated rings. The zero-order valence-corrected chi connectivity index (χ0v) is 14.5. The maximum atomic E-state index is 13.8. The van der Waals surface area contributed by atoms with E-state index in [-0.39, 0.29) is 42.6 Å². The molecule has 0 aromatic heterocycles. The van der Waals surface area contributed by atoms with Gasteiger partial charge in [-0.25, -0.2) is 4.39 Å². The van der Waals surface area contributed by atoms with E-state index >= 15 is 0 Å². The van der Waals surface area contributed by atoms with Crippen molar-refractivity contribution in [3.05, 3.63) is 47.0 Å². The summed E-state index contributed by atoms with van der Waals surface area (Å²) in [7, 11) is 0. The lowest BCUT2D eigenvalue weighted by Gasteiger charge is -2.35. The molecule has 2 aliphatic heterocycles. The van der Waals surface area contributed by atoms with E-state index in [1.54, 1.807) is 12.1 Å². The van der Waals surface area contributed by atoms with Gasteiger partial charge in [0.25, 0.3) is 5.91 Å². The number of aliphatic hydroxyl groups excluding tert-OH is 1. The normalized spacial score (nSPS) is 28.1. The predicted molar refractivity (Wildman–Crippen MR) is 91.4 cm³/mol. The van der Waals surface area contributed by atoms with Gasteiger partial charge in [0, 0.05) is 13.2 Å². The average molecular weight is 359 g/mol. The highest BCUT2D eigenvalue weighted by Crippen LogP contribution is 2.46. The van der Waals surface area contributed by atoms with Crippen LogP contribution in [0, 0.1) is 11.7 Å². The summed E-state index contributed by atoms with van der Waals surface area (Å²) in [5.41, 5.74) is 0.925. The van der Waals surface area contributed by atoms with Crippen molar-refractivity contribution in [1.29, 1.82) is 0 Å². The van der Waals surface area contributed by atoms with Crippen LogP contribution >= 0.6 is 0 Å². The fourth-order valence-electron chi connectivity index (χ4n) is 4.39. The summed E-state index contributed by atoms with van der Waals surface area (Å²) in [4.78, 5) is 27.7. The average Bonchev–Trinajstić information content (AvgIpc) is 2.93. The first-order chi connectivity index (χ1) is 12.6. The number of hydrogen-bond acceptors (Lipinski definition) is 4. The number of aliphatic hydroxyl groups is 1. The number of carbonyl (C=O) groups is 2. The Kier molecular flexibility index (Phi) is 4.53. The summed E-state index contributed by atoms with van der Waals surface area (Å²) in [6, 6.07) is 5.36. The molecule has 1 amide bonds. The first-order valence-corrected chi connectivity index (χ1v) is 9.24. The Labute approximate surface area is 151 Å². The molecule has 6 heteroatoms. The van der Waals surface area contributed by atoms with E-state index in [1.165, 1.54) is 17.0 Å². The van der Waals surface area contributed by atoms with Crippen molar-refractivity contribution in [1.82, 2.24) is 4.90 Å². The lowest BCUT2D eigenvalue weighted by Crippen LogP contribution is -2.39. The number of carbonyl (C=O) groups excluding carboxylic acids is 2. The van der Waals surface area contributed by atoms with Gasteiger partial charge < -0.3 is 14.7 Å². The maximum Gasteiger partial charge on any atom is 0.290 e. The molecule has 0 saturated heterocycles. The van der Waals surface area contributed by atoms with E-state index in [0.29, 0.717) is 17.6 Å². The van der Waals surface area contributed by atoms with E-state index in [1.807, 2.05) is 0 Å². The molecular weight excluding hydrogens is 337 g/mol. The molecule has 3 atom stereocenters. The van der Waals surface area contributed by atoms with E-state index in [2.05, 4.69) is 0 Å². The summed E-state index contributed by atoms with van der Waals surface area (Å²) >= 11 is 0. The number of rotatable bonds is 4. The quantitative estimate of drug-likeness (QED) is 0.897. The Morgan fingerprint density at radius 1 is 1.23 bits per heavy atom. The van der Waals surface area contributed by atoms with Crippen LogP contribution in [-0.4, -0.2) is 41.0 Å². The van der Waals surface area contributed by atoms with Gasteiger partial charge in [0.2, 0.25) is 0 Å². The third-order valence-corrected chi connectivity index (χ3v) is 5.58. The van der Waals surface area contributed by atoms with Gasteiger partial charge in [-0.2, -0.15) is 0 Å². The number of ketones is 1. The van der Waals surface area contributed by atoms with Crippen molar-refractivity contribution in [3.63, 3.8) is 0 Å². The topological polar surface area (TPSA) is 66.8 Å². The van der Waals surface area contributed by atoms with Crippen LogP contribution in [0.1, 0.15) is 43.7 Å². The van der Waals surface area contributed by atoms with E-state index in [0.717, 1.165) is 25.7 Å². The van der Waals surface area contributed by atoms with E-state index in [9.17, 15) is 19.1 Å². The Bertz CT molecular complexity index is 775. The third-order valence-electron chi connectivity index (χ3n) is 5.58. The van der Waals surface area contributed by atoms with Crippen LogP contribution in [0.5, 0.6) is 0 Å². The molecule has 3 unspecified atom stereocenters. The largest absolute Gasteiger partial charge is 0.483 e. The number of benzene rings is 1. The zero-order valence-electron chi connectivity index (χ0n) is 14.5. The van der Waals surface area contributed by atoms with Gasteiger partial charge in [-0.15, -0.1) is 0 Å². The Morgan fingerprint density at radius 3 is 2.81 bits per heavy atom. The number of halogens is 1. The molecule has 4 rings (SSSR count). The lowest BCUT2D eigenvalue weighted by atomic mass is 9.77. The monoisotopic (exact) mass is 359 g/mol. The third kappa shape index (κ3) is 2.72. The molecule has 26 heavy (non-hydrogen) atoms. The summed E-state index contributed by atoms with van der Waals surface area (Å²) in [6.45, 7) is 0.222. The van der Waals surface area contributed by atoms with Gasteiger partial charge in [0.15, 0.2) is 11.5 Å². The van der Waals surface area contributed by atoms with Gasteiger partial charge in [0.05, 0.1) is 17.5 Å². The fourth-order valence-corrected chi connectivity index (χ4v) is 4.39. The number of amides is 1.